The van der Waals surface area contributed by atoms with Crippen molar-refractivity contribution in [1.82, 2.24) is 25.1 Å². The first-order valence-corrected chi connectivity index (χ1v) is 13.7. The predicted molar refractivity (Wildman–Crippen MR) is 148 cm³/mol. The first kappa shape index (κ1) is 28.3. The molecular weight excluding hydrogens is 527 g/mol. The molecule has 1 amide bonds. The fourth-order valence-corrected chi connectivity index (χ4v) is 5.81. The van der Waals surface area contributed by atoms with Crippen molar-refractivity contribution in [2.75, 3.05) is 56.5 Å². The first-order valence-electron chi connectivity index (χ1n) is 13.0. The van der Waals surface area contributed by atoms with Gasteiger partial charge in [-0.05, 0) is 50.0 Å². The van der Waals surface area contributed by atoms with Gasteiger partial charge in [-0.3, -0.25) is 14.6 Å². The van der Waals surface area contributed by atoms with Gasteiger partial charge in [0.25, 0.3) is 5.91 Å². The maximum atomic E-state index is 12.2. The molecule has 0 unspecified atom stereocenters. The summed E-state index contributed by atoms with van der Waals surface area (Å²) in [4.78, 5) is 28.0. The molecule has 4 rings (SSSR count). The van der Waals surface area contributed by atoms with Crippen LogP contribution in [0, 0.1) is 11.3 Å². The van der Waals surface area contributed by atoms with Gasteiger partial charge < -0.3 is 21.1 Å². The normalized spacial score (nSPS) is 19.3. The highest BCUT2D eigenvalue weighted by Gasteiger charge is 2.34. The van der Waals surface area contributed by atoms with E-state index in [-0.39, 0.29) is 29.8 Å². The molecule has 3 heterocycles. The van der Waals surface area contributed by atoms with Gasteiger partial charge in [-0.15, -0.1) is 0 Å². The topological polar surface area (TPSA) is 135 Å². The number of aromatic nitrogens is 2. The van der Waals surface area contributed by atoms with E-state index in [1.807, 2.05) is 12.1 Å². The van der Waals surface area contributed by atoms with Gasteiger partial charge in [0.2, 0.25) is 0 Å². The lowest BCUT2D eigenvalue weighted by molar-refractivity contribution is 0.0610. The molecule has 2 aliphatic heterocycles. The van der Waals surface area contributed by atoms with Crippen LogP contribution >= 0.6 is 23.2 Å². The highest BCUT2D eigenvalue weighted by atomic mass is 35.5. The van der Waals surface area contributed by atoms with Crippen LogP contribution in [0.4, 0.5) is 11.6 Å². The van der Waals surface area contributed by atoms with Crippen molar-refractivity contribution in [3.63, 3.8) is 0 Å². The van der Waals surface area contributed by atoms with Crippen molar-refractivity contribution in [3.05, 3.63) is 45.2 Å². The molecule has 2 fully saturated rings. The summed E-state index contributed by atoms with van der Waals surface area (Å²) >= 11 is 12.5. The molecule has 0 aliphatic carbocycles. The van der Waals surface area contributed by atoms with E-state index >= 15 is 0 Å². The predicted octanol–water partition coefficient (Wildman–Crippen LogP) is 2.52. The van der Waals surface area contributed by atoms with E-state index in [2.05, 4.69) is 43.0 Å². The second-order valence-corrected chi connectivity index (χ2v) is 10.5. The Kier molecular flexibility index (Phi) is 9.63. The zero-order chi connectivity index (χ0) is 27.2. The molecule has 204 valence electrons. The zero-order valence-corrected chi connectivity index (χ0v) is 23.0. The number of nitrogens with one attached hydrogen (secondary N) is 1. The second-order valence-electron chi connectivity index (χ2n) is 9.72. The van der Waals surface area contributed by atoms with Crippen molar-refractivity contribution >= 4 is 40.7 Å². The number of piperazine rings is 1. The van der Waals surface area contributed by atoms with Gasteiger partial charge in [-0.25, -0.2) is 9.97 Å². The minimum absolute atomic E-state index is 0.0166. The number of carbonyl (C=O) groups is 1. The van der Waals surface area contributed by atoms with Crippen molar-refractivity contribution in [2.24, 2.45) is 0 Å². The molecule has 2 aromatic rings. The fourth-order valence-electron chi connectivity index (χ4n) is 5.39. The third kappa shape index (κ3) is 6.47. The number of carbonyl (C=O) groups excluding carboxylic acids is 1. The summed E-state index contributed by atoms with van der Waals surface area (Å²) in [5.41, 5.74) is 7.68. The van der Waals surface area contributed by atoms with Crippen molar-refractivity contribution < 1.29 is 9.90 Å². The third-order valence-corrected chi connectivity index (χ3v) is 7.88. The molecule has 12 heteroatoms. The van der Waals surface area contributed by atoms with Crippen molar-refractivity contribution in [2.45, 2.75) is 44.8 Å². The first-order chi connectivity index (χ1) is 18.3. The molecule has 2 saturated heterocycles. The van der Waals surface area contributed by atoms with Gasteiger partial charge in [0.05, 0.1) is 18.2 Å². The minimum Gasteiger partial charge on any atom is -0.395 e. The maximum absolute atomic E-state index is 12.2. The molecule has 1 aromatic carbocycles. The summed E-state index contributed by atoms with van der Waals surface area (Å²) in [5, 5.41) is 21.6. The Morgan fingerprint density at radius 1 is 1.24 bits per heavy atom. The minimum atomic E-state index is -0.514. The number of aliphatic hydroxyl groups excluding tert-OH is 1. The molecule has 1 atom stereocenters. The number of hydrogen-bond acceptors (Lipinski definition) is 9. The monoisotopic (exact) mass is 560 g/mol. The SMILES string of the molecule is CC[C@H]1CN(c2nc(N)c(C(=O)NCCO)nc2Cl)CCN1C1CCN(Cc2ccc(Cl)cc2C#N)CC1. The summed E-state index contributed by atoms with van der Waals surface area (Å²) in [7, 11) is 0. The van der Waals surface area contributed by atoms with E-state index in [9.17, 15) is 10.1 Å². The molecule has 10 nitrogen and oxygen atoms in total. The lowest BCUT2D eigenvalue weighted by Gasteiger charge is -2.47. The summed E-state index contributed by atoms with van der Waals surface area (Å²) in [6, 6.07) is 8.61. The number of nitrogens with two attached hydrogens (primary N) is 1. The third-order valence-electron chi connectivity index (χ3n) is 7.39. The molecule has 38 heavy (non-hydrogen) atoms. The number of nitrogen functional groups attached to an aromatic ring is 1. The molecule has 0 spiro atoms. The number of piperidine rings is 1. The smallest absolute Gasteiger partial charge is 0.273 e. The highest BCUT2D eigenvalue weighted by molar-refractivity contribution is 6.32. The molecule has 1 aromatic heterocycles. The van der Waals surface area contributed by atoms with E-state index in [0.29, 0.717) is 28.5 Å². The molecule has 4 N–H and O–H groups in total. The van der Waals surface area contributed by atoms with Gasteiger partial charge in [-0.1, -0.05) is 36.2 Å². The number of rotatable bonds is 8. The summed E-state index contributed by atoms with van der Waals surface area (Å²) < 4.78 is 0. The average molecular weight is 562 g/mol. The van der Waals surface area contributed by atoms with Crippen LogP contribution in [0.25, 0.3) is 0 Å². The standard InChI is InChI=1S/C26H34Cl2N8O2/c1-2-20-16-35(25-23(28)32-22(24(30)33-25)26(38)31-7-12-37)10-11-36(20)21-5-8-34(9-6-21)15-17-3-4-19(27)13-18(17)14-29/h3-4,13,20-21,37H,2,5-12,15-16H2,1H3,(H2,30,33)(H,31,38)/t20-/m0/s1. The average Bonchev–Trinajstić information content (AvgIpc) is 2.93. The Morgan fingerprint density at radius 2 is 2.00 bits per heavy atom. The van der Waals surface area contributed by atoms with Crippen LogP contribution in [0.5, 0.6) is 0 Å². The number of anilines is 2. The Hall–Kier alpha value is -2.68. The molecule has 0 radical (unpaired) electrons. The van der Waals surface area contributed by atoms with Crippen molar-refractivity contribution in [1.29, 1.82) is 5.26 Å². The van der Waals surface area contributed by atoms with Crippen LogP contribution in [-0.4, -0.2) is 88.7 Å². The van der Waals surface area contributed by atoms with Crippen LogP contribution in [0.15, 0.2) is 18.2 Å². The number of amides is 1. The Morgan fingerprint density at radius 3 is 2.68 bits per heavy atom. The van der Waals surface area contributed by atoms with E-state index in [1.165, 1.54) is 0 Å². The second kappa shape index (κ2) is 12.9. The summed E-state index contributed by atoms with van der Waals surface area (Å²) in [5.74, 6) is -0.00463. The maximum Gasteiger partial charge on any atom is 0.273 e. The number of nitriles is 1. The lowest BCUT2D eigenvalue weighted by atomic mass is 9.97. The molecule has 2 aliphatic rings. The van der Waals surface area contributed by atoms with Crippen LogP contribution < -0.4 is 16.0 Å². The summed E-state index contributed by atoms with van der Waals surface area (Å²) in [6.07, 6.45) is 3.11. The van der Waals surface area contributed by atoms with E-state index in [0.717, 1.165) is 64.1 Å². The Labute approximate surface area is 233 Å². The summed E-state index contributed by atoms with van der Waals surface area (Å²) in [6.45, 7) is 7.16. The van der Waals surface area contributed by atoms with E-state index in [4.69, 9.17) is 34.0 Å². The number of aliphatic hydroxyl groups is 1. The van der Waals surface area contributed by atoms with Crippen LogP contribution in [0.3, 0.4) is 0 Å². The van der Waals surface area contributed by atoms with E-state index in [1.54, 1.807) is 6.07 Å². The lowest BCUT2D eigenvalue weighted by Crippen LogP contribution is -2.58. The van der Waals surface area contributed by atoms with Gasteiger partial charge >= 0.3 is 0 Å². The highest BCUT2D eigenvalue weighted by Crippen LogP contribution is 2.30. The largest absolute Gasteiger partial charge is 0.395 e. The van der Waals surface area contributed by atoms with Gasteiger partial charge in [0.1, 0.15) is 0 Å². The molecule has 0 bridgehead atoms. The fraction of sp³-hybridized carbons (Fsp3) is 0.538. The number of nitrogens with zero attached hydrogens (tertiary/aromatic N) is 6. The number of benzene rings is 1. The van der Waals surface area contributed by atoms with Gasteiger partial charge in [0, 0.05) is 49.8 Å². The molecule has 0 saturated carbocycles. The Bertz CT molecular complexity index is 1180. The van der Waals surface area contributed by atoms with Gasteiger partial charge in [0.15, 0.2) is 22.5 Å². The van der Waals surface area contributed by atoms with Crippen molar-refractivity contribution in [3.8, 4) is 6.07 Å². The van der Waals surface area contributed by atoms with Crippen LogP contribution in [0.1, 0.15) is 47.8 Å². The Balaban J connectivity index is 1.36. The van der Waals surface area contributed by atoms with Crippen LogP contribution in [-0.2, 0) is 6.54 Å². The quantitative estimate of drug-likeness (QED) is 0.445. The molecular formula is C26H34Cl2N8O2. The number of likely N-dealkylation sites (tertiary alicyclic amines) is 1. The van der Waals surface area contributed by atoms with Gasteiger partial charge in [-0.2, -0.15) is 5.26 Å². The number of halogens is 2. The number of hydrogen-bond donors (Lipinski definition) is 3. The van der Waals surface area contributed by atoms with Crippen LogP contribution in [0.2, 0.25) is 10.2 Å². The zero-order valence-electron chi connectivity index (χ0n) is 21.5. The van der Waals surface area contributed by atoms with E-state index < -0.39 is 5.91 Å².